The monoisotopic (exact) mass is 279 g/mol. The Bertz CT molecular complexity index is 894. The van der Waals surface area contributed by atoms with E-state index < -0.39 is 0 Å². The molecular weight excluding hydrogens is 266 g/mol. The molecule has 3 aromatic rings. The van der Waals surface area contributed by atoms with Gasteiger partial charge in [-0.1, -0.05) is 0 Å². The first kappa shape index (κ1) is 13.1. The molecule has 0 unspecified atom stereocenters. The third-order valence-corrected chi connectivity index (χ3v) is 3.56. The van der Waals surface area contributed by atoms with Crippen molar-refractivity contribution in [3.8, 4) is 23.3 Å². The van der Waals surface area contributed by atoms with Gasteiger partial charge in [-0.25, -0.2) is 0 Å². The van der Waals surface area contributed by atoms with Gasteiger partial charge in [-0.15, -0.1) is 0 Å². The average Bonchev–Trinajstić information content (AvgIpc) is 2.52. The molecule has 0 aliphatic carbocycles. The molecule has 4 nitrogen and oxygen atoms in total. The Hall–Kier alpha value is -2.93. The van der Waals surface area contributed by atoms with Crippen LogP contribution < -0.4 is 9.47 Å². The molecule has 0 amide bonds. The van der Waals surface area contributed by atoms with Crippen molar-refractivity contribution < 1.29 is 14.6 Å². The number of hydrogen-bond donors (Lipinski definition) is 1. The number of phenolic OH excluding ortho intramolecular Hbond substituents is 1. The molecule has 0 atom stereocenters. The van der Waals surface area contributed by atoms with Crippen molar-refractivity contribution in [3.05, 3.63) is 42.0 Å². The van der Waals surface area contributed by atoms with Crippen molar-refractivity contribution in [2.45, 2.75) is 0 Å². The molecule has 104 valence electrons. The van der Waals surface area contributed by atoms with Gasteiger partial charge in [0.15, 0.2) is 11.5 Å². The highest BCUT2D eigenvalue weighted by atomic mass is 16.5. The third-order valence-electron chi connectivity index (χ3n) is 3.56. The average molecular weight is 279 g/mol. The predicted molar refractivity (Wildman–Crippen MR) is 80.9 cm³/mol. The van der Waals surface area contributed by atoms with Crippen LogP contribution in [0.3, 0.4) is 0 Å². The second-order valence-electron chi connectivity index (χ2n) is 4.69. The van der Waals surface area contributed by atoms with Crippen LogP contribution in [0.15, 0.2) is 36.4 Å². The Balaban J connectivity index is 2.52. The van der Waals surface area contributed by atoms with Gasteiger partial charge < -0.3 is 14.6 Å². The minimum Gasteiger partial charge on any atom is -0.508 e. The lowest BCUT2D eigenvalue weighted by atomic mass is 9.97. The van der Waals surface area contributed by atoms with E-state index in [0.29, 0.717) is 17.1 Å². The van der Waals surface area contributed by atoms with Crippen LogP contribution in [0.2, 0.25) is 0 Å². The van der Waals surface area contributed by atoms with Crippen molar-refractivity contribution in [1.29, 1.82) is 5.26 Å². The molecular formula is C17H13NO3. The maximum atomic E-state index is 9.74. The molecule has 3 aromatic carbocycles. The summed E-state index contributed by atoms with van der Waals surface area (Å²) < 4.78 is 10.6. The van der Waals surface area contributed by atoms with Crippen LogP contribution in [0, 0.1) is 11.3 Å². The minimum atomic E-state index is 0.161. The van der Waals surface area contributed by atoms with Gasteiger partial charge in [-0.05, 0) is 52.6 Å². The Labute approximate surface area is 121 Å². The van der Waals surface area contributed by atoms with E-state index in [1.807, 2.05) is 18.2 Å². The third kappa shape index (κ3) is 2.00. The van der Waals surface area contributed by atoms with Crippen molar-refractivity contribution in [2.75, 3.05) is 14.2 Å². The van der Waals surface area contributed by atoms with Crippen LogP contribution in [0.4, 0.5) is 0 Å². The summed E-state index contributed by atoms with van der Waals surface area (Å²) in [5.41, 5.74) is 0.560. The number of hydrogen-bond acceptors (Lipinski definition) is 4. The summed E-state index contributed by atoms with van der Waals surface area (Å²) >= 11 is 0. The van der Waals surface area contributed by atoms with E-state index in [2.05, 4.69) is 6.07 Å². The van der Waals surface area contributed by atoms with E-state index in [4.69, 9.17) is 9.47 Å². The van der Waals surface area contributed by atoms with E-state index in [-0.39, 0.29) is 5.75 Å². The number of fused-ring (bicyclic) bond motifs is 3. The van der Waals surface area contributed by atoms with Gasteiger partial charge >= 0.3 is 0 Å². The largest absolute Gasteiger partial charge is 0.508 e. The number of nitrogens with zero attached hydrogens (tertiary/aromatic N) is 1. The normalized spacial score (nSPS) is 10.5. The van der Waals surface area contributed by atoms with Crippen molar-refractivity contribution in [1.82, 2.24) is 0 Å². The Kier molecular flexibility index (Phi) is 3.03. The fourth-order valence-electron chi connectivity index (χ4n) is 2.56. The van der Waals surface area contributed by atoms with Crippen LogP contribution in [-0.2, 0) is 0 Å². The summed E-state index contributed by atoms with van der Waals surface area (Å²) in [5, 5.41) is 22.4. The molecule has 0 heterocycles. The molecule has 0 aliphatic rings. The summed E-state index contributed by atoms with van der Waals surface area (Å²) in [7, 11) is 3.15. The number of aromatic hydroxyl groups is 1. The van der Waals surface area contributed by atoms with Gasteiger partial charge in [-0.2, -0.15) is 5.26 Å². The van der Waals surface area contributed by atoms with Gasteiger partial charge in [0, 0.05) is 5.39 Å². The van der Waals surface area contributed by atoms with Gasteiger partial charge in [0.05, 0.1) is 25.9 Å². The van der Waals surface area contributed by atoms with E-state index >= 15 is 0 Å². The van der Waals surface area contributed by atoms with E-state index in [0.717, 1.165) is 21.5 Å². The molecule has 21 heavy (non-hydrogen) atoms. The van der Waals surface area contributed by atoms with Crippen LogP contribution in [-0.4, -0.2) is 19.3 Å². The van der Waals surface area contributed by atoms with Crippen molar-refractivity contribution in [3.63, 3.8) is 0 Å². The molecule has 0 spiro atoms. The molecule has 3 rings (SSSR count). The number of methoxy groups -OCH3 is 2. The first-order valence-corrected chi connectivity index (χ1v) is 6.39. The lowest BCUT2D eigenvalue weighted by Crippen LogP contribution is -1.92. The van der Waals surface area contributed by atoms with Gasteiger partial charge in [-0.3, -0.25) is 0 Å². The Morgan fingerprint density at radius 1 is 0.905 bits per heavy atom. The molecule has 0 fully saturated rings. The first-order valence-electron chi connectivity index (χ1n) is 6.39. The van der Waals surface area contributed by atoms with Crippen molar-refractivity contribution in [2.24, 2.45) is 0 Å². The SMILES string of the molecule is COc1cc2cc(C#N)c3ccc(O)cc3c2cc1OC. The summed E-state index contributed by atoms with van der Waals surface area (Å²) in [6.07, 6.45) is 0. The second-order valence-corrected chi connectivity index (χ2v) is 4.69. The molecule has 0 saturated heterocycles. The van der Waals surface area contributed by atoms with Crippen LogP contribution >= 0.6 is 0 Å². The zero-order chi connectivity index (χ0) is 15.0. The van der Waals surface area contributed by atoms with Gasteiger partial charge in [0.25, 0.3) is 0 Å². The molecule has 0 aliphatic heterocycles. The molecule has 0 aromatic heterocycles. The van der Waals surface area contributed by atoms with Crippen LogP contribution in [0.25, 0.3) is 21.5 Å². The van der Waals surface area contributed by atoms with E-state index in [9.17, 15) is 10.4 Å². The molecule has 1 N–H and O–H groups in total. The van der Waals surface area contributed by atoms with Gasteiger partial charge in [0.2, 0.25) is 0 Å². The summed E-state index contributed by atoms with van der Waals surface area (Å²) in [6.45, 7) is 0. The number of benzene rings is 3. The van der Waals surface area contributed by atoms with Crippen LogP contribution in [0.1, 0.15) is 5.56 Å². The summed E-state index contributed by atoms with van der Waals surface area (Å²) in [6, 6.07) is 12.7. The zero-order valence-corrected chi connectivity index (χ0v) is 11.7. The number of rotatable bonds is 2. The summed E-state index contributed by atoms with van der Waals surface area (Å²) in [5.74, 6) is 1.38. The number of nitriles is 1. The van der Waals surface area contributed by atoms with E-state index in [1.54, 1.807) is 32.4 Å². The molecule has 4 heteroatoms. The summed E-state index contributed by atoms with van der Waals surface area (Å²) in [4.78, 5) is 0. The maximum absolute atomic E-state index is 9.74. The fourth-order valence-corrected chi connectivity index (χ4v) is 2.56. The van der Waals surface area contributed by atoms with Crippen molar-refractivity contribution >= 4 is 21.5 Å². The van der Waals surface area contributed by atoms with E-state index in [1.165, 1.54) is 0 Å². The molecule has 0 radical (unpaired) electrons. The standard InChI is InChI=1S/C17H13NO3/c1-20-16-6-10-5-11(9-18)13-4-3-12(19)7-15(13)14(10)8-17(16)21-2/h3-8,19H,1-2H3. The fraction of sp³-hybridized carbons (Fsp3) is 0.118. The minimum absolute atomic E-state index is 0.161. The highest BCUT2D eigenvalue weighted by Crippen LogP contribution is 2.37. The highest BCUT2D eigenvalue weighted by molar-refractivity contribution is 6.11. The zero-order valence-electron chi connectivity index (χ0n) is 11.7. The second kappa shape index (κ2) is 4.88. The smallest absolute Gasteiger partial charge is 0.161 e. The highest BCUT2D eigenvalue weighted by Gasteiger charge is 2.12. The topological polar surface area (TPSA) is 62.5 Å². The maximum Gasteiger partial charge on any atom is 0.161 e. The van der Waals surface area contributed by atoms with Gasteiger partial charge in [0.1, 0.15) is 5.75 Å². The first-order chi connectivity index (χ1) is 10.2. The lowest BCUT2D eigenvalue weighted by Gasteiger charge is -2.12. The predicted octanol–water partition coefficient (Wildman–Crippen LogP) is 3.59. The number of ether oxygens (including phenoxy) is 2. The molecule has 0 bridgehead atoms. The number of phenols is 1. The Morgan fingerprint density at radius 3 is 2.29 bits per heavy atom. The Morgan fingerprint density at radius 2 is 1.62 bits per heavy atom. The quantitative estimate of drug-likeness (QED) is 0.728. The lowest BCUT2D eigenvalue weighted by molar-refractivity contribution is 0.356. The van der Waals surface area contributed by atoms with Crippen LogP contribution in [0.5, 0.6) is 17.2 Å². The molecule has 0 saturated carbocycles.